The summed E-state index contributed by atoms with van der Waals surface area (Å²) in [5.74, 6) is -0.941. The second-order valence-corrected chi connectivity index (χ2v) is 6.55. The van der Waals surface area contributed by atoms with Crippen molar-refractivity contribution >= 4 is 17.3 Å². The van der Waals surface area contributed by atoms with E-state index in [-0.39, 0.29) is 11.4 Å². The molecule has 3 rings (SSSR count). The van der Waals surface area contributed by atoms with Crippen molar-refractivity contribution in [2.24, 2.45) is 0 Å². The Morgan fingerprint density at radius 2 is 1.82 bits per heavy atom. The van der Waals surface area contributed by atoms with Crippen molar-refractivity contribution in [1.82, 2.24) is 9.88 Å². The fraction of sp³-hybridized carbons (Fsp3) is 0.368. The number of alkyl halides is 3. The molecule has 1 aromatic heterocycles. The molecule has 2 aromatic rings. The molecule has 1 aliphatic rings. The molecular weight excluding hydrogens is 373 g/mol. The molecule has 0 aliphatic carbocycles. The molecule has 1 aromatic carbocycles. The quantitative estimate of drug-likeness (QED) is 0.845. The van der Waals surface area contributed by atoms with Crippen molar-refractivity contribution in [3.8, 4) is 5.88 Å². The van der Waals surface area contributed by atoms with E-state index in [1.54, 1.807) is 12.1 Å². The summed E-state index contributed by atoms with van der Waals surface area (Å²) in [6, 6.07) is 10.2. The van der Waals surface area contributed by atoms with Gasteiger partial charge < -0.3 is 19.9 Å². The summed E-state index contributed by atoms with van der Waals surface area (Å²) in [6.45, 7) is 2.32. The van der Waals surface area contributed by atoms with Crippen molar-refractivity contribution in [1.29, 1.82) is 0 Å². The molecule has 1 saturated heterocycles. The van der Waals surface area contributed by atoms with Crippen molar-refractivity contribution in [2.75, 3.05) is 50.1 Å². The van der Waals surface area contributed by atoms with Gasteiger partial charge in [0.1, 0.15) is 5.56 Å². The van der Waals surface area contributed by atoms with Crippen LogP contribution in [0.15, 0.2) is 42.6 Å². The molecule has 0 spiro atoms. The number of nitrogens with zero attached hydrogens (tertiary/aromatic N) is 3. The predicted octanol–water partition coefficient (Wildman–Crippen LogP) is 3.03. The van der Waals surface area contributed by atoms with E-state index < -0.39 is 18.7 Å². The van der Waals surface area contributed by atoms with Crippen LogP contribution in [0, 0.1) is 0 Å². The molecule has 28 heavy (non-hydrogen) atoms. The minimum absolute atomic E-state index is 0.0603. The zero-order chi connectivity index (χ0) is 20.1. The second-order valence-electron chi connectivity index (χ2n) is 6.55. The Morgan fingerprint density at radius 3 is 2.46 bits per heavy atom. The number of piperazine rings is 1. The Hall–Kier alpha value is -2.81. The lowest BCUT2D eigenvalue weighted by Crippen LogP contribution is -2.44. The number of hydrogen-bond acceptors (Lipinski definition) is 5. The van der Waals surface area contributed by atoms with Crippen LogP contribution in [0.2, 0.25) is 0 Å². The fourth-order valence-electron chi connectivity index (χ4n) is 2.85. The number of amides is 1. The van der Waals surface area contributed by atoms with Crippen molar-refractivity contribution in [3.63, 3.8) is 0 Å². The third-order valence-corrected chi connectivity index (χ3v) is 4.38. The van der Waals surface area contributed by atoms with E-state index >= 15 is 0 Å². The number of carbonyl (C=O) groups is 1. The number of hydrogen-bond donors (Lipinski definition) is 1. The number of halogens is 3. The lowest BCUT2D eigenvalue weighted by atomic mass is 10.2. The summed E-state index contributed by atoms with van der Waals surface area (Å²) in [7, 11) is 2.08. The summed E-state index contributed by atoms with van der Waals surface area (Å²) >= 11 is 0. The Labute approximate surface area is 160 Å². The molecule has 2 heterocycles. The Morgan fingerprint density at radius 1 is 1.14 bits per heavy atom. The van der Waals surface area contributed by atoms with Crippen molar-refractivity contribution in [3.05, 3.63) is 48.2 Å². The van der Waals surface area contributed by atoms with Crippen LogP contribution >= 0.6 is 0 Å². The van der Waals surface area contributed by atoms with Crippen LogP contribution < -0.4 is 15.0 Å². The number of likely N-dealkylation sites (N-methyl/N-ethyl adjacent to an activating group) is 1. The third-order valence-electron chi connectivity index (χ3n) is 4.38. The molecule has 1 aliphatic heterocycles. The monoisotopic (exact) mass is 394 g/mol. The van der Waals surface area contributed by atoms with Crippen molar-refractivity contribution in [2.45, 2.75) is 6.18 Å². The molecule has 0 bridgehead atoms. The maximum Gasteiger partial charge on any atom is 0.422 e. The normalized spacial score (nSPS) is 15.4. The second kappa shape index (κ2) is 8.47. The average molecular weight is 394 g/mol. The lowest BCUT2D eigenvalue weighted by Gasteiger charge is -2.34. The number of pyridine rings is 1. The molecule has 1 N–H and O–H groups in total. The molecule has 1 amide bonds. The van der Waals surface area contributed by atoms with Crippen LogP contribution in [0.25, 0.3) is 0 Å². The molecule has 150 valence electrons. The van der Waals surface area contributed by atoms with E-state index in [0.717, 1.165) is 31.9 Å². The maximum atomic E-state index is 12.5. The third kappa shape index (κ3) is 5.35. The van der Waals surface area contributed by atoms with E-state index in [1.807, 2.05) is 12.1 Å². The van der Waals surface area contributed by atoms with Gasteiger partial charge in [-0.15, -0.1) is 0 Å². The largest absolute Gasteiger partial charge is 0.467 e. The van der Waals surface area contributed by atoms with Gasteiger partial charge in [-0.1, -0.05) is 0 Å². The fourth-order valence-corrected chi connectivity index (χ4v) is 2.85. The zero-order valence-corrected chi connectivity index (χ0v) is 15.4. The van der Waals surface area contributed by atoms with Gasteiger partial charge in [0.25, 0.3) is 5.91 Å². The number of ether oxygens (including phenoxy) is 1. The zero-order valence-electron chi connectivity index (χ0n) is 15.4. The van der Waals surface area contributed by atoms with Crippen LogP contribution in [0.4, 0.5) is 24.5 Å². The Balaban J connectivity index is 1.65. The maximum absolute atomic E-state index is 12.5. The van der Waals surface area contributed by atoms with Gasteiger partial charge in [0, 0.05) is 43.8 Å². The van der Waals surface area contributed by atoms with Gasteiger partial charge in [-0.25, -0.2) is 4.98 Å². The van der Waals surface area contributed by atoms with Gasteiger partial charge in [0.15, 0.2) is 6.61 Å². The SMILES string of the molecule is CN1CCN(c2ccc(NC(=O)c3cccnc3OCC(F)(F)F)cc2)CC1. The highest BCUT2D eigenvalue weighted by Gasteiger charge is 2.29. The number of nitrogens with one attached hydrogen (secondary N) is 1. The van der Waals surface area contributed by atoms with Crippen LogP contribution in [-0.2, 0) is 0 Å². The number of benzene rings is 1. The van der Waals surface area contributed by atoms with Crippen LogP contribution in [0.3, 0.4) is 0 Å². The minimum Gasteiger partial charge on any atom is -0.467 e. The summed E-state index contributed by atoms with van der Waals surface area (Å²) in [5.41, 5.74) is 1.53. The number of carbonyl (C=O) groups excluding carboxylic acids is 1. The van der Waals surface area contributed by atoms with E-state index in [1.165, 1.54) is 18.3 Å². The number of rotatable bonds is 5. The summed E-state index contributed by atoms with van der Waals surface area (Å²) < 4.78 is 41.8. The molecule has 0 unspecified atom stereocenters. The predicted molar refractivity (Wildman–Crippen MR) is 99.9 cm³/mol. The Bertz CT molecular complexity index is 804. The van der Waals surface area contributed by atoms with Crippen LogP contribution in [0.5, 0.6) is 5.88 Å². The lowest BCUT2D eigenvalue weighted by molar-refractivity contribution is -0.154. The van der Waals surface area contributed by atoms with Gasteiger partial charge in [-0.3, -0.25) is 4.79 Å². The van der Waals surface area contributed by atoms with E-state index in [4.69, 9.17) is 0 Å². The van der Waals surface area contributed by atoms with Gasteiger partial charge in [-0.05, 0) is 43.4 Å². The molecule has 9 heteroatoms. The first-order valence-electron chi connectivity index (χ1n) is 8.81. The van der Waals surface area contributed by atoms with E-state index in [9.17, 15) is 18.0 Å². The average Bonchev–Trinajstić information content (AvgIpc) is 2.67. The molecule has 0 saturated carbocycles. The summed E-state index contributed by atoms with van der Waals surface area (Å²) in [6.07, 6.45) is -3.24. The standard InChI is InChI=1S/C19H21F3N4O2/c1-25-9-11-26(12-10-25)15-6-4-14(5-7-15)24-17(27)16-3-2-8-23-18(16)28-13-19(20,21)22/h2-8H,9-13H2,1H3,(H,24,27). The Kier molecular flexibility index (Phi) is 6.03. The smallest absolute Gasteiger partial charge is 0.422 e. The van der Waals surface area contributed by atoms with Crippen molar-refractivity contribution < 1.29 is 22.7 Å². The van der Waals surface area contributed by atoms with Gasteiger partial charge in [0.05, 0.1) is 0 Å². The van der Waals surface area contributed by atoms with Gasteiger partial charge >= 0.3 is 6.18 Å². The van der Waals surface area contributed by atoms with Gasteiger partial charge in [-0.2, -0.15) is 13.2 Å². The molecule has 0 atom stereocenters. The highest BCUT2D eigenvalue weighted by molar-refractivity contribution is 6.05. The number of aromatic nitrogens is 1. The first-order valence-corrected chi connectivity index (χ1v) is 8.81. The molecule has 1 fully saturated rings. The molecular formula is C19H21F3N4O2. The molecule has 0 radical (unpaired) electrons. The minimum atomic E-state index is -4.51. The summed E-state index contributed by atoms with van der Waals surface area (Å²) in [4.78, 5) is 20.7. The highest BCUT2D eigenvalue weighted by atomic mass is 19.4. The van der Waals surface area contributed by atoms with Gasteiger partial charge in [0.2, 0.25) is 5.88 Å². The highest BCUT2D eigenvalue weighted by Crippen LogP contribution is 2.23. The van der Waals surface area contributed by atoms with Crippen LogP contribution in [-0.4, -0.2) is 61.8 Å². The topological polar surface area (TPSA) is 57.7 Å². The van der Waals surface area contributed by atoms with E-state index in [0.29, 0.717) is 5.69 Å². The first-order chi connectivity index (χ1) is 13.3. The molecule has 6 nitrogen and oxygen atoms in total. The number of anilines is 2. The van der Waals surface area contributed by atoms with E-state index in [2.05, 4.69) is 31.9 Å². The van der Waals surface area contributed by atoms with Crippen LogP contribution in [0.1, 0.15) is 10.4 Å². The summed E-state index contributed by atoms with van der Waals surface area (Å²) in [5, 5.41) is 2.67. The first kappa shape index (κ1) is 19.9.